The van der Waals surface area contributed by atoms with Gasteiger partial charge in [-0.3, -0.25) is 0 Å². The summed E-state index contributed by atoms with van der Waals surface area (Å²) in [5, 5.41) is 7.01. The van der Waals surface area contributed by atoms with Crippen LogP contribution in [0.3, 0.4) is 0 Å². The normalized spacial score (nSPS) is 22.3. The molecule has 4 heteroatoms. The van der Waals surface area contributed by atoms with Crippen LogP contribution in [0.4, 0.5) is 0 Å². The van der Waals surface area contributed by atoms with Crippen LogP contribution in [-0.4, -0.2) is 24.4 Å². The zero-order chi connectivity index (χ0) is 9.38. The minimum Gasteiger partial charge on any atom is -0.371 e. The summed E-state index contributed by atoms with van der Waals surface area (Å²) in [6.45, 7) is 2.61. The Kier molecular flexibility index (Phi) is 2.03. The van der Waals surface area contributed by atoms with Gasteiger partial charge >= 0.3 is 0 Å². The van der Waals surface area contributed by atoms with Crippen molar-refractivity contribution in [2.75, 3.05) is 13.1 Å². The van der Waals surface area contributed by atoms with E-state index in [0.717, 1.165) is 24.4 Å². The number of nitrogens with one attached hydrogen (secondary N) is 1. The molecule has 0 bridgehead atoms. The lowest BCUT2D eigenvalue weighted by atomic mass is 10.2. The molecule has 1 aliphatic heterocycles. The summed E-state index contributed by atoms with van der Waals surface area (Å²) in [6.07, 6.45) is 4.66. The Bertz CT molecular complexity index is 316. The van der Waals surface area contributed by atoms with Gasteiger partial charge in [0, 0.05) is 24.6 Å². The molecule has 3 rings (SSSR count). The van der Waals surface area contributed by atoms with Gasteiger partial charge in [0.1, 0.15) is 5.76 Å². The van der Waals surface area contributed by atoms with E-state index in [9.17, 15) is 0 Å². The van der Waals surface area contributed by atoms with Gasteiger partial charge in [0.2, 0.25) is 0 Å². The van der Waals surface area contributed by atoms with Crippen LogP contribution in [0.15, 0.2) is 10.7 Å². The average molecular weight is 194 g/mol. The third kappa shape index (κ3) is 1.55. The highest BCUT2D eigenvalue weighted by Crippen LogP contribution is 2.41. The third-order valence-corrected chi connectivity index (χ3v) is 2.84. The van der Waals surface area contributed by atoms with Crippen LogP contribution >= 0.6 is 0 Å². The van der Waals surface area contributed by atoms with Crippen LogP contribution in [0.2, 0.25) is 0 Å². The molecule has 0 atom stereocenters. The first kappa shape index (κ1) is 8.44. The molecule has 1 saturated carbocycles. The summed E-state index contributed by atoms with van der Waals surface area (Å²) in [5.74, 6) is 1.67. The molecule has 2 heterocycles. The Labute approximate surface area is 82.6 Å². The van der Waals surface area contributed by atoms with Crippen molar-refractivity contribution in [2.45, 2.75) is 31.5 Å². The van der Waals surface area contributed by atoms with Gasteiger partial charge in [0.25, 0.3) is 0 Å². The molecular formula is C10H14N2O2. The summed E-state index contributed by atoms with van der Waals surface area (Å²) >= 11 is 0. The topological polar surface area (TPSA) is 47.3 Å². The molecule has 1 saturated heterocycles. The van der Waals surface area contributed by atoms with Crippen molar-refractivity contribution in [3.63, 3.8) is 0 Å². The van der Waals surface area contributed by atoms with Gasteiger partial charge in [0.15, 0.2) is 0 Å². The van der Waals surface area contributed by atoms with Gasteiger partial charge in [-0.25, -0.2) is 0 Å². The minimum absolute atomic E-state index is 0.386. The van der Waals surface area contributed by atoms with E-state index in [2.05, 4.69) is 10.5 Å². The van der Waals surface area contributed by atoms with Crippen LogP contribution in [-0.2, 0) is 11.3 Å². The van der Waals surface area contributed by atoms with E-state index in [-0.39, 0.29) is 0 Å². The van der Waals surface area contributed by atoms with E-state index in [0.29, 0.717) is 18.6 Å². The highest BCUT2D eigenvalue weighted by Gasteiger charge is 2.30. The van der Waals surface area contributed by atoms with Gasteiger partial charge in [0.05, 0.1) is 18.9 Å². The van der Waals surface area contributed by atoms with E-state index in [1.807, 2.05) is 0 Å². The first-order valence-electron chi connectivity index (χ1n) is 5.19. The van der Waals surface area contributed by atoms with Gasteiger partial charge in [-0.1, -0.05) is 5.16 Å². The van der Waals surface area contributed by atoms with Crippen molar-refractivity contribution in [1.29, 1.82) is 0 Å². The second-order valence-corrected chi connectivity index (χ2v) is 4.08. The fraction of sp³-hybridized carbons (Fsp3) is 0.700. The highest BCUT2D eigenvalue weighted by atomic mass is 16.5. The maximum atomic E-state index is 5.68. The molecule has 1 aliphatic carbocycles. The quantitative estimate of drug-likeness (QED) is 0.778. The van der Waals surface area contributed by atoms with E-state index in [4.69, 9.17) is 9.26 Å². The third-order valence-electron chi connectivity index (χ3n) is 2.84. The maximum absolute atomic E-state index is 5.68. The Morgan fingerprint density at radius 1 is 1.50 bits per heavy atom. The highest BCUT2D eigenvalue weighted by molar-refractivity contribution is 5.20. The maximum Gasteiger partial charge on any atom is 0.145 e. The van der Waals surface area contributed by atoms with Gasteiger partial charge < -0.3 is 14.6 Å². The molecule has 2 aliphatic rings. The summed E-state index contributed by atoms with van der Waals surface area (Å²) in [7, 11) is 0. The molecule has 0 aromatic carbocycles. The number of hydrogen-bond acceptors (Lipinski definition) is 4. The van der Waals surface area contributed by atoms with E-state index < -0.39 is 0 Å². The van der Waals surface area contributed by atoms with Crippen LogP contribution < -0.4 is 5.32 Å². The molecule has 4 nitrogen and oxygen atoms in total. The lowest BCUT2D eigenvalue weighted by Gasteiger charge is -2.26. The Morgan fingerprint density at radius 2 is 2.36 bits per heavy atom. The second-order valence-electron chi connectivity index (χ2n) is 4.08. The van der Waals surface area contributed by atoms with E-state index >= 15 is 0 Å². The Morgan fingerprint density at radius 3 is 3.00 bits per heavy atom. The zero-order valence-corrected chi connectivity index (χ0v) is 8.03. The molecule has 0 spiro atoms. The predicted molar refractivity (Wildman–Crippen MR) is 49.9 cm³/mol. The molecule has 0 unspecified atom stereocenters. The van der Waals surface area contributed by atoms with Gasteiger partial charge in [-0.15, -0.1) is 0 Å². The van der Waals surface area contributed by atoms with Crippen molar-refractivity contribution < 1.29 is 9.26 Å². The number of ether oxygens (including phenoxy) is 1. The Balaban J connectivity index is 1.60. The van der Waals surface area contributed by atoms with Crippen LogP contribution in [0.5, 0.6) is 0 Å². The molecule has 0 radical (unpaired) electrons. The van der Waals surface area contributed by atoms with Crippen molar-refractivity contribution in [3.05, 3.63) is 17.5 Å². The molecule has 1 aromatic heterocycles. The monoisotopic (exact) mass is 194 g/mol. The standard InChI is InChI=1S/C10H14N2O2/c1-2-7(1)10-8(3-12-14-10)6-13-9-4-11-5-9/h3,7,9,11H,1-2,4-6H2. The molecule has 2 fully saturated rings. The minimum atomic E-state index is 0.386. The summed E-state index contributed by atoms with van der Waals surface area (Å²) in [4.78, 5) is 0. The molecule has 1 N–H and O–H groups in total. The molecule has 76 valence electrons. The first-order chi connectivity index (χ1) is 6.93. The Hall–Kier alpha value is -0.870. The van der Waals surface area contributed by atoms with Crippen molar-refractivity contribution >= 4 is 0 Å². The van der Waals surface area contributed by atoms with Crippen molar-refractivity contribution in [2.24, 2.45) is 0 Å². The average Bonchev–Trinajstić information content (AvgIpc) is 2.85. The first-order valence-corrected chi connectivity index (χ1v) is 5.19. The lowest BCUT2D eigenvalue weighted by Crippen LogP contribution is -2.48. The number of hydrogen-bond donors (Lipinski definition) is 1. The summed E-state index contributed by atoms with van der Waals surface area (Å²) in [5.41, 5.74) is 1.14. The fourth-order valence-electron chi connectivity index (χ4n) is 1.65. The predicted octanol–water partition coefficient (Wildman–Crippen LogP) is 1.04. The molecular weight excluding hydrogens is 180 g/mol. The summed E-state index contributed by atoms with van der Waals surface area (Å²) < 4.78 is 10.9. The van der Waals surface area contributed by atoms with Crippen LogP contribution in [0.1, 0.15) is 30.1 Å². The van der Waals surface area contributed by atoms with Crippen molar-refractivity contribution in [3.8, 4) is 0 Å². The van der Waals surface area contributed by atoms with Gasteiger partial charge in [-0.2, -0.15) is 0 Å². The SMILES string of the molecule is c1noc(C2CC2)c1COC1CNC1. The van der Waals surface area contributed by atoms with Crippen LogP contribution in [0.25, 0.3) is 0 Å². The van der Waals surface area contributed by atoms with Crippen LogP contribution in [0, 0.1) is 0 Å². The lowest BCUT2D eigenvalue weighted by molar-refractivity contribution is 0.00698. The number of aromatic nitrogens is 1. The fourth-order valence-corrected chi connectivity index (χ4v) is 1.65. The summed E-state index contributed by atoms with van der Waals surface area (Å²) in [6, 6.07) is 0. The molecule has 14 heavy (non-hydrogen) atoms. The number of rotatable bonds is 4. The van der Waals surface area contributed by atoms with Crippen molar-refractivity contribution in [1.82, 2.24) is 10.5 Å². The largest absolute Gasteiger partial charge is 0.371 e. The molecule has 1 aromatic rings. The van der Waals surface area contributed by atoms with Gasteiger partial charge in [-0.05, 0) is 12.8 Å². The zero-order valence-electron chi connectivity index (χ0n) is 8.03. The van der Waals surface area contributed by atoms with E-state index in [1.54, 1.807) is 6.20 Å². The molecule has 0 amide bonds. The smallest absolute Gasteiger partial charge is 0.145 e. The number of nitrogens with zero attached hydrogens (tertiary/aromatic N) is 1. The second kappa shape index (κ2) is 3.37. The van der Waals surface area contributed by atoms with E-state index in [1.165, 1.54) is 12.8 Å².